The molecule has 1 atom stereocenters. The standard InChI is InChI=1S/C11H13ClFNO3/c1-5-9(13)7(12)3-6(10(5)17-2)4-8(14)11(15)16/h3,8H,4,14H2,1-2H3,(H,15,16). The van der Waals surface area contributed by atoms with Crippen LogP contribution in [0, 0.1) is 12.7 Å². The van der Waals surface area contributed by atoms with Crippen molar-refractivity contribution < 1.29 is 19.0 Å². The van der Waals surface area contributed by atoms with Crippen molar-refractivity contribution in [2.45, 2.75) is 19.4 Å². The SMILES string of the molecule is COc1c(CC(N)C(=O)O)cc(Cl)c(F)c1C. The summed E-state index contributed by atoms with van der Waals surface area (Å²) in [5, 5.41) is 8.65. The van der Waals surface area contributed by atoms with Gasteiger partial charge in [-0.1, -0.05) is 11.6 Å². The minimum Gasteiger partial charge on any atom is -0.496 e. The normalized spacial score (nSPS) is 12.3. The van der Waals surface area contributed by atoms with Crippen LogP contribution in [0.15, 0.2) is 6.07 Å². The molecule has 3 N–H and O–H groups in total. The van der Waals surface area contributed by atoms with Gasteiger partial charge in [0.15, 0.2) is 0 Å². The number of carboxylic acids is 1. The lowest BCUT2D eigenvalue weighted by molar-refractivity contribution is -0.138. The number of carbonyl (C=O) groups is 1. The fourth-order valence-electron chi connectivity index (χ4n) is 1.56. The van der Waals surface area contributed by atoms with E-state index in [9.17, 15) is 9.18 Å². The summed E-state index contributed by atoms with van der Waals surface area (Å²) < 4.78 is 18.5. The minimum absolute atomic E-state index is 0.0271. The molecule has 6 heteroatoms. The van der Waals surface area contributed by atoms with Gasteiger partial charge in [-0.25, -0.2) is 4.39 Å². The van der Waals surface area contributed by atoms with Gasteiger partial charge in [0, 0.05) is 12.0 Å². The maximum atomic E-state index is 13.5. The van der Waals surface area contributed by atoms with E-state index >= 15 is 0 Å². The molecule has 0 aliphatic heterocycles. The number of methoxy groups -OCH3 is 1. The van der Waals surface area contributed by atoms with Crippen LogP contribution in [0.3, 0.4) is 0 Å². The Morgan fingerprint density at radius 3 is 2.76 bits per heavy atom. The van der Waals surface area contributed by atoms with E-state index in [1.54, 1.807) is 0 Å². The second kappa shape index (κ2) is 5.33. The number of nitrogens with two attached hydrogens (primary N) is 1. The number of hydrogen-bond acceptors (Lipinski definition) is 3. The van der Waals surface area contributed by atoms with Gasteiger partial charge >= 0.3 is 5.97 Å². The van der Waals surface area contributed by atoms with E-state index in [-0.39, 0.29) is 22.8 Å². The Morgan fingerprint density at radius 2 is 2.29 bits per heavy atom. The Bertz CT molecular complexity index is 451. The van der Waals surface area contributed by atoms with Gasteiger partial charge in [-0.15, -0.1) is 0 Å². The highest BCUT2D eigenvalue weighted by molar-refractivity contribution is 6.31. The average molecular weight is 262 g/mol. The van der Waals surface area contributed by atoms with Crippen LogP contribution in [0.4, 0.5) is 4.39 Å². The van der Waals surface area contributed by atoms with Gasteiger partial charge in [-0.3, -0.25) is 4.79 Å². The van der Waals surface area contributed by atoms with E-state index in [2.05, 4.69) is 0 Å². The van der Waals surface area contributed by atoms with Crippen LogP contribution in [-0.2, 0) is 11.2 Å². The van der Waals surface area contributed by atoms with E-state index in [0.29, 0.717) is 5.56 Å². The van der Waals surface area contributed by atoms with Gasteiger partial charge in [-0.05, 0) is 18.6 Å². The van der Waals surface area contributed by atoms with E-state index < -0.39 is 17.8 Å². The van der Waals surface area contributed by atoms with Crippen molar-refractivity contribution in [3.05, 3.63) is 28.0 Å². The van der Waals surface area contributed by atoms with Crippen molar-refractivity contribution in [1.29, 1.82) is 0 Å². The van der Waals surface area contributed by atoms with Crippen LogP contribution in [0.1, 0.15) is 11.1 Å². The monoisotopic (exact) mass is 261 g/mol. The molecule has 0 bridgehead atoms. The summed E-state index contributed by atoms with van der Waals surface area (Å²) in [6.07, 6.45) is 0.0271. The molecule has 1 aromatic rings. The summed E-state index contributed by atoms with van der Waals surface area (Å²) in [5.41, 5.74) is 6.14. The van der Waals surface area contributed by atoms with Crippen LogP contribution in [0.2, 0.25) is 5.02 Å². The van der Waals surface area contributed by atoms with Crippen LogP contribution in [0.25, 0.3) is 0 Å². The first-order valence-electron chi connectivity index (χ1n) is 4.88. The van der Waals surface area contributed by atoms with Gasteiger partial charge < -0.3 is 15.6 Å². The van der Waals surface area contributed by atoms with Gasteiger partial charge in [0.1, 0.15) is 17.6 Å². The third kappa shape index (κ3) is 2.87. The smallest absolute Gasteiger partial charge is 0.320 e. The van der Waals surface area contributed by atoms with Crippen molar-refractivity contribution in [2.24, 2.45) is 5.73 Å². The van der Waals surface area contributed by atoms with Crippen LogP contribution in [-0.4, -0.2) is 24.2 Å². The fraction of sp³-hybridized carbons (Fsp3) is 0.364. The quantitative estimate of drug-likeness (QED) is 0.866. The predicted octanol–water partition coefficient (Wildman–Crippen LogP) is 1.75. The molecular weight excluding hydrogens is 249 g/mol. The second-order valence-corrected chi connectivity index (χ2v) is 4.05. The Morgan fingerprint density at radius 1 is 1.71 bits per heavy atom. The Labute approximate surface area is 103 Å². The van der Waals surface area contributed by atoms with Crippen molar-refractivity contribution in [1.82, 2.24) is 0 Å². The third-order valence-electron chi connectivity index (χ3n) is 2.43. The molecule has 0 spiro atoms. The molecule has 0 fully saturated rings. The van der Waals surface area contributed by atoms with Gasteiger partial charge in [0.2, 0.25) is 0 Å². The number of halogens is 2. The molecule has 0 aliphatic carbocycles. The van der Waals surface area contributed by atoms with Crippen LogP contribution >= 0.6 is 11.6 Å². The molecule has 0 aliphatic rings. The highest BCUT2D eigenvalue weighted by Crippen LogP contribution is 2.31. The number of ether oxygens (including phenoxy) is 1. The summed E-state index contributed by atoms with van der Waals surface area (Å²) in [6, 6.07) is 0.260. The summed E-state index contributed by atoms with van der Waals surface area (Å²) in [5.74, 6) is -1.43. The van der Waals surface area contributed by atoms with Gasteiger partial charge in [-0.2, -0.15) is 0 Å². The van der Waals surface area contributed by atoms with Gasteiger partial charge in [0.25, 0.3) is 0 Å². The van der Waals surface area contributed by atoms with E-state index in [1.165, 1.54) is 20.1 Å². The molecule has 0 radical (unpaired) electrons. The molecule has 0 amide bonds. The van der Waals surface area contributed by atoms with Crippen molar-refractivity contribution >= 4 is 17.6 Å². The maximum Gasteiger partial charge on any atom is 0.320 e. The Kier molecular flexibility index (Phi) is 4.31. The number of rotatable bonds is 4. The first-order valence-corrected chi connectivity index (χ1v) is 5.26. The lowest BCUT2D eigenvalue weighted by Crippen LogP contribution is -2.32. The first kappa shape index (κ1) is 13.7. The molecule has 17 heavy (non-hydrogen) atoms. The van der Waals surface area contributed by atoms with Crippen molar-refractivity contribution in [3.8, 4) is 5.75 Å². The average Bonchev–Trinajstić information content (AvgIpc) is 2.26. The maximum absolute atomic E-state index is 13.5. The molecule has 1 rings (SSSR count). The predicted molar refractivity (Wildman–Crippen MR) is 62.0 cm³/mol. The molecule has 0 aromatic heterocycles. The second-order valence-electron chi connectivity index (χ2n) is 3.64. The summed E-state index contributed by atoms with van der Waals surface area (Å²) in [4.78, 5) is 10.7. The van der Waals surface area contributed by atoms with E-state index in [0.717, 1.165) is 0 Å². The number of benzene rings is 1. The van der Waals surface area contributed by atoms with Gasteiger partial charge in [0.05, 0.1) is 12.1 Å². The first-order chi connectivity index (χ1) is 7.88. The lowest BCUT2D eigenvalue weighted by Gasteiger charge is -2.14. The third-order valence-corrected chi connectivity index (χ3v) is 2.71. The minimum atomic E-state index is -1.13. The Balaban J connectivity index is 3.19. The number of carboxylic acid groups (broad SMARTS) is 1. The molecule has 1 aromatic carbocycles. The number of hydrogen-bond donors (Lipinski definition) is 2. The highest BCUT2D eigenvalue weighted by Gasteiger charge is 2.19. The summed E-state index contributed by atoms with van der Waals surface area (Å²) in [6.45, 7) is 1.51. The molecule has 0 saturated heterocycles. The lowest BCUT2D eigenvalue weighted by atomic mass is 10.0. The van der Waals surface area contributed by atoms with Crippen molar-refractivity contribution in [2.75, 3.05) is 7.11 Å². The zero-order valence-corrected chi connectivity index (χ0v) is 10.2. The van der Waals surface area contributed by atoms with Crippen LogP contribution < -0.4 is 10.5 Å². The largest absolute Gasteiger partial charge is 0.496 e. The molecule has 94 valence electrons. The summed E-state index contributed by atoms with van der Waals surface area (Å²) in [7, 11) is 1.38. The summed E-state index contributed by atoms with van der Waals surface area (Å²) >= 11 is 5.69. The molecule has 0 heterocycles. The number of aliphatic carboxylic acids is 1. The molecule has 0 saturated carbocycles. The van der Waals surface area contributed by atoms with Crippen molar-refractivity contribution in [3.63, 3.8) is 0 Å². The van der Waals surface area contributed by atoms with E-state index in [4.69, 9.17) is 27.2 Å². The molecular formula is C11H13ClFNO3. The fourth-order valence-corrected chi connectivity index (χ4v) is 1.83. The Hall–Kier alpha value is -1.33. The zero-order valence-electron chi connectivity index (χ0n) is 9.46. The zero-order chi connectivity index (χ0) is 13.2. The highest BCUT2D eigenvalue weighted by atomic mass is 35.5. The molecule has 1 unspecified atom stereocenters. The van der Waals surface area contributed by atoms with E-state index in [1.807, 2.05) is 0 Å². The topological polar surface area (TPSA) is 72.5 Å². The molecule has 4 nitrogen and oxygen atoms in total. The van der Waals surface area contributed by atoms with Crippen LogP contribution in [0.5, 0.6) is 5.75 Å².